The first-order valence-electron chi connectivity index (χ1n) is 8.98. The predicted octanol–water partition coefficient (Wildman–Crippen LogP) is 2.33. The first-order chi connectivity index (χ1) is 11.9. The minimum Gasteiger partial charge on any atom is -0.383 e. The van der Waals surface area contributed by atoms with Crippen molar-refractivity contribution in [2.24, 2.45) is 5.41 Å². The van der Waals surface area contributed by atoms with Crippen LogP contribution in [-0.4, -0.2) is 52.9 Å². The summed E-state index contributed by atoms with van der Waals surface area (Å²) in [5, 5.41) is 8.68. The van der Waals surface area contributed by atoms with Crippen LogP contribution < -0.4 is 5.32 Å². The summed E-state index contributed by atoms with van der Waals surface area (Å²) in [6.45, 7) is 6.47. The van der Waals surface area contributed by atoms with Crippen LogP contribution in [0.4, 0.5) is 0 Å². The van der Waals surface area contributed by atoms with Crippen LogP contribution in [0.5, 0.6) is 0 Å². The minimum atomic E-state index is -0.0259. The Kier molecular flexibility index (Phi) is 5.16. The zero-order valence-corrected chi connectivity index (χ0v) is 16.4. The molecule has 1 fully saturated rings. The number of nitrogens with zero attached hydrogens (tertiary/aromatic N) is 3. The average Bonchev–Trinajstić information content (AvgIpc) is 3.15. The fraction of sp³-hybridized carbons (Fsp3) is 0.722. The van der Waals surface area contributed by atoms with Crippen molar-refractivity contribution in [2.75, 3.05) is 27.3 Å². The Morgan fingerprint density at radius 1 is 1.44 bits per heavy atom. The third-order valence-corrected chi connectivity index (χ3v) is 5.64. The maximum atomic E-state index is 13.0. The highest BCUT2D eigenvalue weighted by atomic mass is 32.1. The van der Waals surface area contributed by atoms with Gasteiger partial charge in [0.15, 0.2) is 10.9 Å². The quantitative estimate of drug-likeness (QED) is 0.828. The first-order valence-corrected chi connectivity index (χ1v) is 9.39. The molecule has 0 unspecified atom stereocenters. The van der Waals surface area contributed by atoms with E-state index in [0.717, 1.165) is 47.9 Å². The molecule has 0 saturated carbocycles. The molecule has 3 rings (SSSR count). The van der Waals surface area contributed by atoms with Crippen molar-refractivity contribution in [1.29, 1.82) is 0 Å². The van der Waals surface area contributed by atoms with Crippen molar-refractivity contribution in [1.82, 2.24) is 20.0 Å². The van der Waals surface area contributed by atoms with Gasteiger partial charge < -0.3 is 15.0 Å². The number of thiocarbonyl (C=S) groups is 1. The predicted molar refractivity (Wildman–Crippen MR) is 101 cm³/mol. The molecule has 0 bridgehead atoms. The summed E-state index contributed by atoms with van der Waals surface area (Å²) in [5.41, 5.74) is 2.78. The lowest BCUT2D eigenvalue weighted by molar-refractivity contribution is 0.0906. The third kappa shape index (κ3) is 3.44. The lowest BCUT2D eigenvalue weighted by Crippen LogP contribution is -2.38. The zero-order chi connectivity index (χ0) is 18.2. The van der Waals surface area contributed by atoms with Crippen LogP contribution in [0, 0.1) is 5.41 Å². The van der Waals surface area contributed by atoms with Crippen molar-refractivity contribution >= 4 is 23.1 Å². The Hall–Kier alpha value is -1.47. The van der Waals surface area contributed by atoms with Gasteiger partial charge in [0.05, 0.1) is 36.1 Å². The molecule has 0 spiro atoms. The molecule has 138 valence electrons. The number of hydrogen-bond acceptors (Lipinski definition) is 4. The molecule has 1 atom stereocenters. The van der Waals surface area contributed by atoms with Gasteiger partial charge in [0.25, 0.3) is 0 Å². The van der Waals surface area contributed by atoms with E-state index < -0.39 is 0 Å². The maximum absolute atomic E-state index is 13.0. The fourth-order valence-corrected chi connectivity index (χ4v) is 4.29. The number of ketones is 1. The summed E-state index contributed by atoms with van der Waals surface area (Å²) >= 11 is 5.46. The van der Waals surface area contributed by atoms with Crippen LogP contribution in [0.1, 0.15) is 60.9 Å². The van der Waals surface area contributed by atoms with Crippen molar-refractivity contribution in [3.8, 4) is 0 Å². The summed E-state index contributed by atoms with van der Waals surface area (Å²) < 4.78 is 7.23. The van der Waals surface area contributed by atoms with Crippen molar-refractivity contribution in [2.45, 2.75) is 52.1 Å². The van der Waals surface area contributed by atoms with Crippen molar-refractivity contribution < 1.29 is 9.53 Å². The van der Waals surface area contributed by atoms with E-state index in [1.807, 2.05) is 11.7 Å². The lowest BCUT2D eigenvalue weighted by atomic mass is 9.75. The zero-order valence-electron chi connectivity index (χ0n) is 15.6. The Labute approximate surface area is 154 Å². The van der Waals surface area contributed by atoms with E-state index in [0.29, 0.717) is 19.6 Å². The second kappa shape index (κ2) is 7.03. The van der Waals surface area contributed by atoms with Gasteiger partial charge in [0, 0.05) is 27.1 Å². The number of carbonyl (C=O) groups excluding carboxylic acids is 1. The largest absolute Gasteiger partial charge is 0.383 e. The number of rotatable bonds is 4. The molecule has 1 N–H and O–H groups in total. The second-order valence-corrected chi connectivity index (χ2v) is 8.16. The van der Waals surface area contributed by atoms with Crippen LogP contribution in [0.3, 0.4) is 0 Å². The van der Waals surface area contributed by atoms with Crippen LogP contribution in [-0.2, 0) is 17.7 Å². The number of likely N-dealkylation sites (tertiary alicyclic amines) is 1. The van der Waals surface area contributed by atoms with E-state index in [4.69, 9.17) is 22.1 Å². The Morgan fingerprint density at radius 2 is 2.20 bits per heavy atom. The Morgan fingerprint density at radius 3 is 2.88 bits per heavy atom. The summed E-state index contributed by atoms with van der Waals surface area (Å²) in [4.78, 5) is 15.1. The monoisotopic (exact) mass is 364 g/mol. The molecule has 1 aliphatic heterocycles. The highest BCUT2D eigenvalue weighted by molar-refractivity contribution is 7.80. The van der Waals surface area contributed by atoms with E-state index in [2.05, 4.69) is 24.1 Å². The number of carbonyl (C=O) groups is 1. The van der Waals surface area contributed by atoms with Gasteiger partial charge in [0.2, 0.25) is 0 Å². The van der Waals surface area contributed by atoms with E-state index in [-0.39, 0.29) is 17.2 Å². The van der Waals surface area contributed by atoms with Gasteiger partial charge in [-0.2, -0.15) is 5.10 Å². The maximum Gasteiger partial charge on any atom is 0.169 e. The average molecular weight is 365 g/mol. The lowest BCUT2D eigenvalue weighted by Gasteiger charge is -2.30. The molecule has 1 aromatic rings. The third-order valence-electron chi connectivity index (χ3n) is 5.20. The van der Waals surface area contributed by atoms with Crippen LogP contribution in [0.2, 0.25) is 0 Å². The van der Waals surface area contributed by atoms with Crippen molar-refractivity contribution in [3.63, 3.8) is 0 Å². The molecule has 2 aliphatic rings. The van der Waals surface area contributed by atoms with Gasteiger partial charge in [-0.05, 0) is 36.9 Å². The number of methoxy groups -OCH3 is 1. The molecule has 0 amide bonds. The topological polar surface area (TPSA) is 59.4 Å². The molecule has 1 aromatic heterocycles. The molecular formula is C18H28N4O2S. The molecule has 0 radical (unpaired) electrons. The molecule has 0 aromatic carbocycles. The fourth-order valence-electron chi connectivity index (χ4n) is 4.07. The van der Waals surface area contributed by atoms with E-state index in [9.17, 15) is 4.79 Å². The van der Waals surface area contributed by atoms with Gasteiger partial charge in [-0.15, -0.1) is 0 Å². The Bertz CT molecular complexity index is 683. The Balaban J connectivity index is 2.04. The van der Waals surface area contributed by atoms with E-state index >= 15 is 0 Å². The van der Waals surface area contributed by atoms with Crippen LogP contribution in [0.25, 0.3) is 0 Å². The van der Waals surface area contributed by atoms with Gasteiger partial charge in [0.1, 0.15) is 0 Å². The molecule has 7 heteroatoms. The molecule has 1 aliphatic carbocycles. The number of aromatic nitrogens is 2. The van der Waals surface area contributed by atoms with E-state index in [1.54, 1.807) is 7.11 Å². The number of nitrogens with one attached hydrogen (secondary N) is 1. The summed E-state index contributed by atoms with van der Waals surface area (Å²) in [7, 11) is 3.54. The summed E-state index contributed by atoms with van der Waals surface area (Å²) in [6.07, 6.45) is 3.48. The summed E-state index contributed by atoms with van der Waals surface area (Å²) in [6, 6.07) is 0.0858. The SMILES string of the molecule is CNC(=S)N1CCC[C@H]1c1nn(CCOC)c2c1C(=O)CC(C)(C)C2. The minimum absolute atomic E-state index is 0.0259. The number of hydrogen-bond donors (Lipinski definition) is 1. The van der Waals surface area contributed by atoms with Crippen LogP contribution in [0.15, 0.2) is 0 Å². The van der Waals surface area contributed by atoms with Gasteiger partial charge in [-0.25, -0.2) is 0 Å². The standard InChI is InChI=1S/C18H28N4O2S/c1-18(2)10-13-15(14(23)11-18)16(20-22(13)8-9-24-4)12-6-5-7-21(12)17(25)19-3/h12H,5-11H2,1-4H3,(H,19,25)/t12-/m0/s1. The first kappa shape index (κ1) is 18.3. The number of ether oxygens (including phenoxy) is 1. The smallest absolute Gasteiger partial charge is 0.169 e. The highest BCUT2D eigenvalue weighted by Crippen LogP contribution is 2.41. The highest BCUT2D eigenvalue weighted by Gasteiger charge is 2.40. The molecule has 25 heavy (non-hydrogen) atoms. The normalized spacial score (nSPS) is 22.2. The van der Waals surface area contributed by atoms with Gasteiger partial charge in [-0.1, -0.05) is 13.8 Å². The molecule has 6 nitrogen and oxygen atoms in total. The van der Waals surface area contributed by atoms with E-state index in [1.165, 1.54) is 0 Å². The van der Waals surface area contributed by atoms with Gasteiger partial charge >= 0.3 is 0 Å². The number of Topliss-reactive ketones (excluding diaryl/α,β-unsaturated/α-hetero) is 1. The van der Waals surface area contributed by atoms with Gasteiger partial charge in [-0.3, -0.25) is 9.48 Å². The van der Waals surface area contributed by atoms with Crippen LogP contribution >= 0.6 is 12.2 Å². The van der Waals surface area contributed by atoms with Crippen molar-refractivity contribution in [3.05, 3.63) is 17.0 Å². The molecule has 1 saturated heterocycles. The summed E-state index contributed by atoms with van der Waals surface area (Å²) in [5.74, 6) is 0.215. The molecule has 2 heterocycles. The second-order valence-electron chi connectivity index (χ2n) is 7.77. The molecular weight excluding hydrogens is 336 g/mol. The number of fused-ring (bicyclic) bond motifs is 1.